The molecule has 1 aliphatic carbocycles. The first kappa shape index (κ1) is 16.8. The lowest BCUT2D eigenvalue weighted by Crippen LogP contribution is -2.25. The quantitative estimate of drug-likeness (QED) is 0.811. The second-order valence-electron chi connectivity index (χ2n) is 5.18. The SMILES string of the molecule is Cc1ccc(CNC(=O)CCN)c(OCC2CC2)c1.Cl. The predicted molar refractivity (Wildman–Crippen MR) is 82.2 cm³/mol. The third-order valence-corrected chi connectivity index (χ3v) is 3.24. The van der Waals surface area contributed by atoms with Crippen LogP contribution in [-0.4, -0.2) is 19.1 Å². The van der Waals surface area contributed by atoms with E-state index in [1.807, 2.05) is 25.1 Å². The van der Waals surface area contributed by atoms with Gasteiger partial charge in [0.25, 0.3) is 0 Å². The summed E-state index contributed by atoms with van der Waals surface area (Å²) in [6.45, 7) is 3.71. The summed E-state index contributed by atoms with van der Waals surface area (Å²) in [5.74, 6) is 1.59. The molecule has 0 aromatic heterocycles. The molecule has 0 spiro atoms. The van der Waals surface area contributed by atoms with Gasteiger partial charge >= 0.3 is 0 Å². The van der Waals surface area contributed by atoms with Crippen LogP contribution >= 0.6 is 12.4 Å². The molecular formula is C15H23ClN2O2. The van der Waals surface area contributed by atoms with Crippen molar-refractivity contribution < 1.29 is 9.53 Å². The molecule has 1 aromatic carbocycles. The third kappa shape index (κ3) is 5.39. The number of nitrogens with one attached hydrogen (secondary N) is 1. The zero-order valence-electron chi connectivity index (χ0n) is 11.9. The first-order valence-electron chi connectivity index (χ1n) is 6.88. The van der Waals surface area contributed by atoms with Crippen LogP contribution in [0.3, 0.4) is 0 Å². The van der Waals surface area contributed by atoms with Gasteiger partial charge in [-0.2, -0.15) is 0 Å². The molecular weight excluding hydrogens is 276 g/mol. The highest BCUT2D eigenvalue weighted by Crippen LogP contribution is 2.30. The largest absolute Gasteiger partial charge is 0.493 e. The number of ether oxygens (including phenoxy) is 1. The molecule has 1 aromatic rings. The maximum Gasteiger partial charge on any atom is 0.221 e. The van der Waals surface area contributed by atoms with E-state index < -0.39 is 0 Å². The van der Waals surface area contributed by atoms with E-state index in [2.05, 4.69) is 5.32 Å². The molecule has 0 atom stereocenters. The van der Waals surface area contributed by atoms with Gasteiger partial charge < -0.3 is 15.8 Å². The Balaban J connectivity index is 0.00000200. The second-order valence-corrected chi connectivity index (χ2v) is 5.18. The summed E-state index contributed by atoms with van der Waals surface area (Å²) in [6.07, 6.45) is 2.91. The number of rotatable bonds is 7. The highest BCUT2D eigenvalue weighted by molar-refractivity contribution is 5.85. The van der Waals surface area contributed by atoms with E-state index in [0.717, 1.165) is 23.8 Å². The van der Waals surface area contributed by atoms with Crippen LogP contribution in [0.4, 0.5) is 0 Å². The van der Waals surface area contributed by atoms with Crippen molar-refractivity contribution >= 4 is 18.3 Å². The molecule has 0 bridgehead atoms. The van der Waals surface area contributed by atoms with Crippen LogP contribution in [0.5, 0.6) is 5.75 Å². The van der Waals surface area contributed by atoms with Crippen LogP contribution in [0.15, 0.2) is 18.2 Å². The lowest BCUT2D eigenvalue weighted by atomic mass is 10.1. The Bertz CT molecular complexity index is 447. The summed E-state index contributed by atoms with van der Waals surface area (Å²) in [5.41, 5.74) is 7.54. The number of nitrogens with two attached hydrogens (primary N) is 1. The minimum absolute atomic E-state index is 0. The molecule has 1 fully saturated rings. The van der Waals surface area contributed by atoms with Gasteiger partial charge in [0.15, 0.2) is 0 Å². The van der Waals surface area contributed by atoms with Crippen molar-refractivity contribution in [3.63, 3.8) is 0 Å². The van der Waals surface area contributed by atoms with Crippen LogP contribution in [0, 0.1) is 12.8 Å². The monoisotopic (exact) mass is 298 g/mol. The lowest BCUT2D eigenvalue weighted by Gasteiger charge is -2.13. The van der Waals surface area contributed by atoms with Gasteiger partial charge in [-0.3, -0.25) is 4.79 Å². The average molecular weight is 299 g/mol. The number of benzene rings is 1. The molecule has 1 saturated carbocycles. The minimum atomic E-state index is -0.0174. The van der Waals surface area contributed by atoms with E-state index in [9.17, 15) is 4.79 Å². The molecule has 112 valence electrons. The van der Waals surface area contributed by atoms with Gasteiger partial charge in [-0.05, 0) is 37.3 Å². The molecule has 0 saturated heterocycles. The second kappa shape index (κ2) is 8.12. The topological polar surface area (TPSA) is 64.4 Å². The Morgan fingerprint density at radius 3 is 2.85 bits per heavy atom. The van der Waals surface area contributed by atoms with Crippen molar-refractivity contribution in [2.75, 3.05) is 13.2 Å². The van der Waals surface area contributed by atoms with Gasteiger partial charge in [0, 0.05) is 25.1 Å². The summed E-state index contributed by atoms with van der Waals surface area (Å²) >= 11 is 0. The number of amides is 1. The van der Waals surface area contributed by atoms with Crippen molar-refractivity contribution in [2.24, 2.45) is 11.7 Å². The van der Waals surface area contributed by atoms with Crippen LogP contribution in [0.1, 0.15) is 30.4 Å². The summed E-state index contributed by atoms with van der Waals surface area (Å²) in [7, 11) is 0. The van der Waals surface area contributed by atoms with Gasteiger partial charge in [0.2, 0.25) is 5.91 Å². The number of hydrogen-bond acceptors (Lipinski definition) is 3. The van der Waals surface area contributed by atoms with E-state index in [-0.39, 0.29) is 18.3 Å². The van der Waals surface area contributed by atoms with Crippen molar-refractivity contribution in [3.8, 4) is 5.75 Å². The molecule has 0 aliphatic heterocycles. The molecule has 4 nitrogen and oxygen atoms in total. The first-order valence-corrected chi connectivity index (χ1v) is 6.88. The van der Waals surface area contributed by atoms with Gasteiger partial charge in [0.1, 0.15) is 5.75 Å². The predicted octanol–water partition coefficient (Wildman–Crippen LogP) is 2.17. The molecule has 1 aliphatic rings. The molecule has 20 heavy (non-hydrogen) atoms. The fraction of sp³-hybridized carbons (Fsp3) is 0.533. The molecule has 5 heteroatoms. The third-order valence-electron chi connectivity index (χ3n) is 3.24. The van der Waals surface area contributed by atoms with Crippen LogP contribution < -0.4 is 15.8 Å². The molecule has 1 amide bonds. The minimum Gasteiger partial charge on any atom is -0.493 e. The molecule has 0 radical (unpaired) electrons. The maximum absolute atomic E-state index is 11.4. The number of halogens is 1. The number of carbonyl (C=O) groups is 1. The van der Waals surface area contributed by atoms with E-state index >= 15 is 0 Å². The van der Waals surface area contributed by atoms with Gasteiger partial charge in [-0.15, -0.1) is 12.4 Å². The van der Waals surface area contributed by atoms with Crippen LogP contribution in [0.2, 0.25) is 0 Å². The van der Waals surface area contributed by atoms with Gasteiger partial charge in [0.05, 0.1) is 6.61 Å². The fourth-order valence-corrected chi connectivity index (χ4v) is 1.85. The molecule has 3 N–H and O–H groups in total. The Morgan fingerprint density at radius 2 is 2.20 bits per heavy atom. The Kier molecular flexibility index (Phi) is 6.82. The highest BCUT2D eigenvalue weighted by atomic mass is 35.5. The molecule has 0 unspecified atom stereocenters. The van der Waals surface area contributed by atoms with Crippen molar-refractivity contribution in [3.05, 3.63) is 29.3 Å². The van der Waals surface area contributed by atoms with Gasteiger partial charge in [-0.1, -0.05) is 12.1 Å². The lowest BCUT2D eigenvalue weighted by molar-refractivity contribution is -0.121. The Labute approximate surface area is 126 Å². The van der Waals surface area contributed by atoms with Crippen LogP contribution in [-0.2, 0) is 11.3 Å². The van der Waals surface area contributed by atoms with E-state index in [4.69, 9.17) is 10.5 Å². The van der Waals surface area contributed by atoms with Crippen molar-refractivity contribution in [1.29, 1.82) is 0 Å². The summed E-state index contributed by atoms with van der Waals surface area (Å²) in [4.78, 5) is 11.4. The maximum atomic E-state index is 11.4. The van der Waals surface area contributed by atoms with E-state index in [1.165, 1.54) is 18.4 Å². The van der Waals surface area contributed by atoms with Crippen molar-refractivity contribution in [2.45, 2.75) is 32.7 Å². The van der Waals surface area contributed by atoms with Crippen LogP contribution in [0.25, 0.3) is 0 Å². The summed E-state index contributed by atoms with van der Waals surface area (Å²) in [6, 6.07) is 6.08. The molecule has 0 heterocycles. The highest BCUT2D eigenvalue weighted by Gasteiger charge is 2.22. The van der Waals surface area contributed by atoms with E-state index in [1.54, 1.807) is 0 Å². The number of aryl methyl sites for hydroxylation is 1. The molecule has 2 rings (SSSR count). The smallest absolute Gasteiger partial charge is 0.221 e. The van der Waals surface area contributed by atoms with Crippen molar-refractivity contribution in [1.82, 2.24) is 5.32 Å². The number of hydrogen-bond donors (Lipinski definition) is 2. The summed E-state index contributed by atoms with van der Waals surface area (Å²) < 4.78 is 5.86. The Hall–Kier alpha value is -1.26. The normalized spacial score (nSPS) is 13.5. The first-order chi connectivity index (χ1) is 9.19. The van der Waals surface area contributed by atoms with E-state index in [0.29, 0.717) is 19.5 Å². The Morgan fingerprint density at radius 1 is 1.45 bits per heavy atom. The zero-order chi connectivity index (χ0) is 13.7. The standard InChI is InChI=1S/C15H22N2O2.ClH/c1-11-2-5-13(9-17-15(18)6-7-16)14(8-11)19-10-12-3-4-12;/h2,5,8,12H,3-4,6-7,9-10,16H2,1H3,(H,17,18);1H. The average Bonchev–Trinajstić information content (AvgIpc) is 3.19. The fourth-order valence-electron chi connectivity index (χ4n) is 1.85. The number of carbonyl (C=O) groups excluding carboxylic acids is 1. The zero-order valence-corrected chi connectivity index (χ0v) is 12.7. The van der Waals surface area contributed by atoms with Gasteiger partial charge in [-0.25, -0.2) is 0 Å². The summed E-state index contributed by atoms with van der Waals surface area (Å²) in [5, 5.41) is 2.86.